The summed E-state index contributed by atoms with van der Waals surface area (Å²) in [5.41, 5.74) is 4.87. The number of aromatic nitrogens is 3. The molecule has 2 aromatic heterocycles. The second-order valence-electron chi connectivity index (χ2n) is 8.50. The Kier molecular flexibility index (Phi) is 5.94. The van der Waals surface area contributed by atoms with Crippen molar-refractivity contribution in [3.63, 3.8) is 0 Å². The first-order valence-corrected chi connectivity index (χ1v) is 10.4. The lowest BCUT2D eigenvalue weighted by atomic mass is 9.86. The van der Waals surface area contributed by atoms with Crippen LogP contribution in [-0.2, 0) is 5.41 Å². The number of benzene rings is 2. The summed E-state index contributed by atoms with van der Waals surface area (Å²) < 4.78 is 0. The van der Waals surface area contributed by atoms with E-state index in [1.54, 1.807) is 18.6 Å². The third kappa shape index (κ3) is 5.16. The van der Waals surface area contributed by atoms with Crippen molar-refractivity contribution >= 4 is 23.2 Å². The predicted molar refractivity (Wildman–Crippen MR) is 128 cm³/mol. The Morgan fingerprint density at radius 3 is 2.47 bits per heavy atom. The molecule has 160 valence electrons. The van der Waals surface area contributed by atoms with Gasteiger partial charge in [0.25, 0.3) is 5.91 Å². The highest BCUT2D eigenvalue weighted by atomic mass is 16.1. The highest BCUT2D eigenvalue weighted by Crippen LogP contribution is 2.24. The van der Waals surface area contributed by atoms with Crippen molar-refractivity contribution < 1.29 is 4.79 Å². The molecule has 2 N–H and O–H groups in total. The molecule has 0 spiro atoms. The molecule has 0 aliphatic rings. The summed E-state index contributed by atoms with van der Waals surface area (Å²) in [6.07, 6.45) is 5.19. The van der Waals surface area contributed by atoms with Gasteiger partial charge in [0.15, 0.2) is 0 Å². The Hall–Kier alpha value is -4.06. The van der Waals surface area contributed by atoms with Gasteiger partial charge in [0.05, 0.1) is 5.69 Å². The molecule has 6 heteroatoms. The maximum Gasteiger partial charge on any atom is 0.255 e. The molecule has 0 aliphatic carbocycles. The van der Waals surface area contributed by atoms with Gasteiger partial charge in [0.1, 0.15) is 0 Å². The minimum Gasteiger partial charge on any atom is -0.324 e. The summed E-state index contributed by atoms with van der Waals surface area (Å²) in [6.45, 7) is 6.39. The van der Waals surface area contributed by atoms with Crippen LogP contribution >= 0.6 is 0 Å². The molecule has 4 aromatic rings. The minimum atomic E-state index is -0.150. The van der Waals surface area contributed by atoms with Crippen molar-refractivity contribution in [2.75, 3.05) is 10.6 Å². The molecule has 0 bridgehead atoms. The number of amides is 1. The van der Waals surface area contributed by atoms with E-state index in [1.165, 1.54) is 0 Å². The largest absolute Gasteiger partial charge is 0.324 e. The van der Waals surface area contributed by atoms with Gasteiger partial charge >= 0.3 is 0 Å². The molecule has 0 atom stereocenters. The van der Waals surface area contributed by atoms with Crippen LogP contribution in [0.3, 0.4) is 0 Å². The van der Waals surface area contributed by atoms with Crippen LogP contribution in [0, 0.1) is 0 Å². The van der Waals surface area contributed by atoms with E-state index >= 15 is 0 Å². The number of anilines is 3. The molecular formula is C26H25N5O. The Labute approximate surface area is 187 Å². The SMILES string of the molecule is CC(C)(C)c1cccc(C(=O)Nc2cccc(Nc3nccc(-c4cccnc4)n3)c2)c1. The van der Waals surface area contributed by atoms with Gasteiger partial charge in [-0.2, -0.15) is 0 Å². The Morgan fingerprint density at radius 1 is 0.875 bits per heavy atom. The molecule has 1 amide bonds. The second kappa shape index (κ2) is 8.98. The van der Waals surface area contributed by atoms with Crippen LogP contribution in [-0.4, -0.2) is 20.9 Å². The zero-order chi connectivity index (χ0) is 22.6. The number of carbonyl (C=O) groups excluding carboxylic acids is 1. The average Bonchev–Trinajstić information content (AvgIpc) is 2.80. The van der Waals surface area contributed by atoms with E-state index in [0.717, 1.165) is 22.5 Å². The summed E-state index contributed by atoms with van der Waals surface area (Å²) in [5.74, 6) is 0.316. The number of hydrogen-bond acceptors (Lipinski definition) is 5. The maximum absolute atomic E-state index is 12.8. The molecule has 0 fully saturated rings. The van der Waals surface area contributed by atoms with Crippen molar-refractivity contribution in [1.82, 2.24) is 15.0 Å². The first-order chi connectivity index (χ1) is 15.4. The minimum absolute atomic E-state index is 0.0233. The second-order valence-corrected chi connectivity index (χ2v) is 8.50. The molecule has 6 nitrogen and oxygen atoms in total. The van der Waals surface area contributed by atoms with Gasteiger partial charge in [-0.05, 0) is 59.5 Å². The highest BCUT2D eigenvalue weighted by molar-refractivity contribution is 6.04. The maximum atomic E-state index is 12.8. The molecule has 2 aromatic carbocycles. The number of hydrogen-bond donors (Lipinski definition) is 2. The summed E-state index contributed by atoms with van der Waals surface area (Å²) in [6, 6.07) is 20.8. The molecular weight excluding hydrogens is 398 g/mol. The number of rotatable bonds is 5. The van der Waals surface area contributed by atoms with Crippen LogP contribution in [0.15, 0.2) is 85.3 Å². The van der Waals surface area contributed by atoms with Crippen molar-refractivity contribution in [1.29, 1.82) is 0 Å². The molecule has 0 radical (unpaired) electrons. The average molecular weight is 424 g/mol. The van der Waals surface area contributed by atoms with Crippen LogP contribution in [0.2, 0.25) is 0 Å². The summed E-state index contributed by atoms with van der Waals surface area (Å²) >= 11 is 0. The van der Waals surface area contributed by atoms with Crippen molar-refractivity contribution in [2.24, 2.45) is 0 Å². The monoisotopic (exact) mass is 423 g/mol. The lowest BCUT2D eigenvalue weighted by Gasteiger charge is -2.19. The number of pyridine rings is 1. The summed E-state index contributed by atoms with van der Waals surface area (Å²) in [4.78, 5) is 25.8. The van der Waals surface area contributed by atoms with E-state index in [-0.39, 0.29) is 11.3 Å². The summed E-state index contributed by atoms with van der Waals surface area (Å²) in [7, 11) is 0. The fourth-order valence-electron chi connectivity index (χ4n) is 3.23. The highest BCUT2D eigenvalue weighted by Gasteiger charge is 2.16. The smallest absolute Gasteiger partial charge is 0.255 e. The van der Waals surface area contributed by atoms with E-state index in [2.05, 4.69) is 46.4 Å². The van der Waals surface area contributed by atoms with E-state index in [4.69, 9.17) is 0 Å². The van der Waals surface area contributed by atoms with Gasteiger partial charge in [-0.1, -0.05) is 39.0 Å². The van der Waals surface area contributed by atoms with E-state index < -0.39 is 0 Å². The van der Waals surface area contributed by atoms with Gasteiger partial charge in [-0.15, -0.1) is 0 Å². The van der Waals surface area contributed by atoms with Crippen LogP contribution in [0.1, 0.15) is 36.7 Å². The van der Waals surface area contributed by atoms with E-state index in [9.17, 15) is 4.79 Å². The summed E-state index contributed by atoms with van der Waals surface area (Å²) in [5, 5.41) is 6.17. The number of nitrogens with one attached hydrogen (secondary N) is 2. The molecule has 0 aliphatic heterocycles. The first-order valence-electron chi connectivity index (χ1n) is 10.4. The molecule has 4 rings (SSSR count). The van der Waals surface area contributed by atoms with Crippen molar-refractivity contribution in [3.8, 4) is 11.3 Å². The number of nitrogens with zero attached hydrogens (tertiary/aromatic N) is 3. The Balaban J connectivity index is 1.49. The number of carbonyl (C=O) groups is 1. The van der Waals surface area contributed by atoms with E-state index in [1.807, 2.05) is 66.7 Å². The fraction of sp³-hybridized carbons (Fsp3) is 0.154. The Bertz CT molecular complexity index is 1230. The molecule has 0 saturated heterocycles. The first kappa shape index (κ1) is 21.2. The molecule has 2 heterocycles. The third-order valence-corrected chi connectivity index (χ3v) is 4.98. The van der Waals surface area contributed by atoms with Gasteiger partial charge in [-0.25, -0.2) is 9.97 Å². The van der Waals surface area contributed by atoms with Crippen LogP contribution in [0.5, 0.6) is 0 Å². The van der Waals surface area contributed by atoms with Crippen molar-refractivity contribution in [2.45, 2.75) is 26.2 Å². The van der Waals surface area contributed by atoms with E-state index in [0.29, 0.717) is 17.2 Å². The molecule has 0 saturated carbocycles. The fourth-order valence-corrected chi connectivity index (χ4v) is 3.23. The van der Waals surface area contributed by atoms with Crippen LogP contribution in [0.4, 0.5) is 17.3 Å². The third-order valence-electron chi connectivity index (χ3n) is 4.98. The lowest BCUT2D eigenvalue weighted by molar-refractivity contribution is 0.102. The lowest BCUT2D eigenvalue weighted by Crippen LogP contribution is -2.15. The zero-order valence-corrected chi connectivity index (χ0v) is 18.3. The van der Waals surface area contributed by atoms with Gasteiger partial charge in [-0.3, -0.25) is 9.78 Å². The molecule has 32 heavy (non-hydrogen) atoms. The van der Waals surface area contributed by atoms with Gasteiger partial charge in [0.2, 0.25) is 5.95 Å². The predicted octanol–water partition coefficient (Wildman–Crippen LogP) is 5.83. The zero-order valence-electron chi connectivity index (χ0n) is 18.3. The standard InChI is InChI=1S/C26H25N5O/c1-26(2,3)20-9-4-7-18(15-20)24(32)29-21-10-5-11-22(16-21)30-25-28-14-12-23(31-25)19-8-6-13-27-17-19/h4-17H,1-3H3,(H,29,32)(H,28,30,31). The van der Waals surface area contributed by atoms with Crippen molar-refractivity contribution in [3.05, 3.63) is 96.4 Å². The topological polar surface area (TPSA) is 79.8 Å². The Morgan fingerprint density at radius 2 is 1.69 bits per heavy atom. The normalized spacial score (nSPS) is 11.1. The van der Waals surface area contributed by atoms with Gasteiger partial charge < -0.3 is 10.6 Å². The van der Waals surface area contributed by atoms with Gasteiger partial charge in [0, 0.05) is 41.1 Å². The van der Waals surface area contributed by atoms with Crippen LogP contribution in [0.25, 0.3) is 11.3 Å². The van der Waals surface area contributed by atoms with Crippen LogP contribution < -0.4 is 10.6 Å². The molecule has 0 unspecified atom stereocenters. The quantitative estimate of drug-likeness (QED) is 0.422.